The minimum absolute atomic E-state index is 0. The van der Waals surface area contributed by atoms with Crippen LogP contribution in [0.2, 0.25) is 0 Å². The van der Waals surface area contributed by atoms with Gasteiger partial charge in [-0.15, -0.1) is 12.4 Å². The molecule has 146 valence electrons. The first-order valence-corrected chi connectivity index (χ1v) is 9.39. The Morgan fingerprint density at radius 2 is 2.12 bits per heavy atom. The molecule has 2 amide bonds. The molecule has 1 saturated heterocycles. The van der Waals surface area contributed by atoms with Crippen molar-refractivity contribution in [2.75, 3.05) is 26.2 Å². The lowest BCUT2D eigenvalue weighted by Crippen LogP contribution is -2.52. The van der Waals surface area contributed by atoms with E-state index < -0.39 is 0 Å². The number of halogens is 1. The lowest BCUT2D eigenvalue weighted by molar-refractivity contribution is -0.136. The Balaban J connectivity index is 0.00000243. The van der Waals surface area contributed by atoms with E-state index in [2.05, 4.69) is 15.6 Å². The summed E-state index contributed by atoms with van der Waals surface area (Å²) in [6.45, 7) is 2.16. The number of imidazole rings is 1. The lowest BCUT2D eigenvalue weighted by Gasteiger charge is -2.35. The number of aromatic nitrogens is 2. The molecule has 8 heteroatoms. The standard InChI is InChI=1S/C18H29N5O2.ClH/c1-22-10-9-20-18(22)15-12-19-8-11-23(15)17(25)13-21-16(24)7-6-14-4-2-3-5-14;/h9-10,14-15,19H,2-8,11-13H2,1H3,(H,21,24);1H. The van der Waals surface area contributed by atoms with Gasteiger partial charge in [0, 0.05) is 45.5 Å². The topological polar surface area (TPSA) is 79.3 Å². The van der Waals surface area contributed by atoms with Crippen molar-refractivity contribution in [3.63, 3.8) is 0 Å². The number of piperazine rings is 1. The maximum Gasteiger partial charge on any atom is 0.242 e. The zero-order valence-electron chi connectivity index (χ0n) is 15.4. The van der Waals surface area contributed by atoms with Gasteiger partial charge in [-0.05, 0) is 12.3 Å². The van der Waals surface area contributed by atoms with Crippen LogP contribution in [0.5, 0.6) is 0 Å². The second-order valence-electron chi connectivity index (χ2n) is 7.17. The first-order chi connectivity index (χ1) is 12.1. The summed E-state index contributed by atoms with van der Waals surface area (Å²) in [6, 6.07) is -0.0864. The molecule has 1 aliphatic heterocycles. The van der Waals surface area contributed by atoms with Crippen molar-refractivity contribution in [3.8, 4) is 0 Å². The number of aryl methyl sites for hydroxylation is 1. The van der Waals surface area contributed by atoms with Gasteiger partial charge in [0.15, 0.2) is 0 Å². The van der Waals surface area contributed by atoms with Crippen LogP contribution >= 0.6 is 12.4 Å². The maximum absolute atomic E-state index is 12.6. The number of carbonyl (C=O) groups is 2. The molecule has 2 fully saturated rings. The Kier molecular flexibility index (Phi) is 7.90. The summed E-state index contributed by atoms with van der Waals surface area (Å²) < 4.78 is 1.94. The van der Waals surface area contributed by atoms with Crippen molar-refractivity contribution in [3.05, 3.63) is 18.2 Å². The van der Waals surface area contributed by atoms with Crippen LogP contribution < -0.4 is 10.6 Å². The molecule has 2 aliphatic rings. The van der Waals surface area contributed by atoms with Gasteiger partial charge in [-0.25, -0.2) is 4.98 Å². The van der Waals surface area contributed by atoms with Crippen molar-refractivity contribution in [2.45, 2.75) is 44.6 Å². The molecule has 1 atom stereocenters. The molecule has 1 aromatic heterocycles. The fourth-order valence-electron chi connectivity index (χ4n) is 3.93. The normalized spacial score (nSPS) is 20.7. The van der Waals surface area contributed by atoms with Gasteiger partial charge in [-0.3, -0.25) is 9.59 Å². The molecule has 7 nitrogen and oxygen atoms in total. The van der Waals surface area contributed by atoms with Crippen molar-refractivity contribution in [2.24, 2.45) is 13.0 Å². The number of carbonyl (C=O) groups excluding carboxylic acids is 2. The van der Waals surface area contributed by atoms with E-state index in [1.54, 1.807) is 6.20 Å². The quantitative estimate of drug-likeness (QED) is 0.778. The van der Waals surface area contributed by atoms with Gasteiger partial charge in [0.05, 0.1) is 6.54 Å². The molecule has 0 spiro atoms. The first kappa shape index (κ1) is 20.7. The number of nitrogens with one attached hydrogen (secondary N) is 2. The average molecular weight is 384 g/mol. The van der Waals surface area contributed by atoms with Gasteiger partial charge in [0.2, 0.25) is 11.8 Å². The summed E-state index contributed by atoms with van der Waals surface area (Å²) >= 11 is 0. The molecule has 0 bridgehead atoms. The van der Waals surface area contributed by atoms with Crippen LogP contribution in [-0.4, -0.2) is 52.4 Å². The number of amides is 2. The smallest absolute Gasteiger partial charge is 0.242 e. The van der Waals surface area contributed by atoms with E-state index in [1.165, 1.54) is 25.7 Å². The fraction of sp³-hybridized carbons (Fsp3) is 0.722. The van der Waals surface area contributed by atoms with Gasteiger partial charge in [-0.2, -0.15) is 0 Å². The van der Waals surface area contributed by atoms with E-state index in [-0.39, 0.29) is 36.8 Å². The van der Waals surface area contributed by atoms with E-state index in [1.807, 2.05) is 22.7 Å². The van der Waals surface area contributed by atoms with E-state index in [4.69, 9.17) is 0 Å². The average Bonchev–Trinajstić information content (AvgIpc) is 3.29. The van der Waals surface area contributed by atoms with E-state index in [0.29, 0.717) is 25.4 Å². The molecule has 2 N–H and O–H groups in total. The summed E-state index contributed by atoms with van der Waals surface area (Å²) in [4.78, 5) is 30.9. The zero-order valence-corrected chi connectivity index (χ0v) is 16.3. The first-order valence-electron chi connectivity index (χ1n) is 9.39. The summed E-state index contributed by atoms with van der Waals surface area (Å²) in [5.41, 5.74) is 0. The Bertz CT molecular complexity index is 600. The van der Waals surface area contributed by atoms with Crippen molar-refractivity contribution >= 4 is 24.2 Å². The number of nitrogens with zero attached hydrogens (tertiary/aromatic N) is 3. The third kappa shape index (κ3) is 5.20. The molecule has 1 aliphatic carbocycles. The molecule has 1 unspecified atom stereocenters. The van der Waals surface area contributed by atoms with Crippen LogP contribution in [0.25, 0.3) is 0 Å². The minimum Gasteiger partial charge on any atom is -0.347 e. The molecular weight excluding hydrogens is 354 g/mol. The van der Waals surface area contributed by atoms with E-state index >= 15 is 0 Å². The van der Waals surface area contributed by atoms with Crippen molar-refractivity contribution in [1.29, 1.82) is 0 Å². The highest BCUT2D eigenvalue weighted by Gasteiger charge is 2.30. The third-order valence-electron chi connectivity index (χ3n) is 5.41. The predicted octanol–water partition coefficient (Wildman–Crippen LogP) is 1.40. The summed E-state index contributed by atoms with van der Waals surface area (Å²) in [5.74, 6) is 1.52. The summed E-state index contributed by atoms with van der Waals surface area (Å²) in [5, 5.41) is 6.12. The predicted molar refractivity (Wildman–Crippen MR) is 102 cm³/mol. The lowest BCUT2D eigenvalue weighted by atomic mass is 10.0. The monoisotopic (exact) mass is 383 g/mol. The van der Waals surface area contributed by atoms with Crippen molar-refractivity contribution < 1.29 is 9.59 Å². The molecule has 0 aromatic carbocycles. The van der Waals surface area contributed by atoms with Gasteiger partial charge in [0.25, 0.3) is 0 Å². The molecule has 2 heterocycles. The second kappa shape index (κ2) is 9.92. The van der Waals surface area contributed by atoms with Crippen LogP contribution in [0.3, 0.4) is 0 Å². The van der Waals surface area contributed by atoms with Crippen LogP contribution in [-0.2, 0) is 16.6 Å². The molecule has 0 radical (unpaired) electrons. The van der Waals surface area contributed by atoms with Crippen molar-refractivity contribution in [1.82, 2.24) is 25.1 Å². The van der Waals surface area contributed by atoms with Crippen LogP contribution in [0.4, 0.5) is 0 Å². The summed E-state index contributed by atoms with van der Waals surface area (Å²) in [6.07, 6.45) is 10.2. The fourth-order valence-corrected chi connectivity index (χ4v) is 3.93. The Morgan fingerprint density at radius 3 is 2.81 bits per heavy atom. The molecule has 3 rings (SSSR count). The van der Waals surface area contributed by atoms with Crippen LogP contribution in [0.1, 0.15) is 50.4 Å². The molecule has 26 heavy (non-hydrogen) atoms. The maximum atomic E-state index is 12.6. The highest BCUT2D eigenvalue weighted by molar-refractivity contribution is 5.85. The second-order valence-corrected chi connectivity index (χ2v) is 7.17. The van der Waals surface area contributed by atoms with E-state index in [0.717, 1.165) is 18.8 Å². The van der Waals surface area contributed by atoms with Gasteiger partial charge in [0.1, 0.15) is 11.9 Å². The third-order valence-corrected chi connectivity index (χ3v) is 5.41. The highest BCUT2D eigenvalue weighted by atomic mass is 35.5. The highest BCUT2D eigenvalue weighted by Crippen LogP contribution is 2.28. The van der Waals surface area contributed by atoms with Crippen LogP contribution in [0, 0.1) is 5.92 Å². The SMILES string of the molecule is Cl.Cn1ccnc1C1CNCCN1C(=O)CNC(=O)CCC1CCCC1. The number of hydrogen-bond acceptors (Lipinski definition) is 4. The molecule has 1 saturated carbocycles. The van der Waals surface area contributed by atoms with Gasteiger partial charge >= 0.3 is 0 Å². The number of rotatable bonds is 6. The molecular formula is C18H30ClN5O2. The van der Waals surface area contributed by atoms with Gasteiger partial charge < -0.3 is 20.1 Å². The molecule has 1 aromatic rings. The summed E-state index contributed by atoms with van der Waals surface area (Å²) in [7, 11) is 1.93. The Labute approximate surface area is 161 Å². The minimum atomic E-state index is -0.0864. The number of hydrogen-bond donors (Lipinski definition) is 2. The van der Waals surface area contributed by atoms with Crippen LogP contribution in [0.15, 0.2) is 12.4 Å². The van der Waals surface area contributed by atoms with Gasteiger partial charge in [-0.1, -0.05) is 25.7 Å². The van der Waals surface area contributed by atoms with E-state index in [9.17, 15) is 9.59 Å². The zero-order chi connectivity index (χ0) is 17.6. The largest absolute Gasteiger partial charge is 0.347 e. The Hall–Kier alpha value is -1.60. The Morgan fingerprint density at radius 1 is 1.35 bits per heavy atom.